The van der Waals surface area contributed by atoms with E-state index in [0.717, 1.165) is 19.3 Å². The van der Waals surface area contributed by atoms with Gasteiger partial charge < -0.3 is 4.42 Å². The summed E-state index contributed by atoms with van der Waals surface area (Å²) in [6, 6.07) is 8.74. The molecule has 0 spiro atoms. The van der Waals surface area contributed by atoms with Crippen LogP contribution in [0, 0.1) is 17.2 Å². The first-order valence-corrected chi connectivity index (χ1v) is 10.9. The van der Waals surface area contributed by atoms with Crippen LogP contribution >= 0.6 is 11.8 Å². The Morgan fingerprint density at radius 2 is 2.08 bits per heavy atom. The van der Waals surface area contributed by atoms with Crippen molar-refractivity contribution in [1.82, 2.24) is 14.5 Å². The summed E-state index contributed by atoms with van der Waals surface area (Å²) in [5.74, 6) is 0.711. The molecule has 0 aliphatic carbocycles. The number of aromatic nitrogens is 2. The van der Waals surface area contributed by atoms with E-state index in [9.17, 15) is 8.42 Å². The number of hydrogen-bond donors (Lipinski definition) is 0. The third-order valence-electron chi connectivity index (χ3n) is 4.12. The molecule has 26 heavy (non-hydrogen) atoms. The Hall–Kier alpha value is -1.89. The van der Waals surface area contributed by atoms with Crippen LogP contribution in [0.2, 0.25) is 0 Å². The molecule has 2 aromatic rings. The number of benzene rings is 1. The second kappa shape index (κ2) is 8.20. The Kier molecular flexibility index (Phi) is 5.96. The highest BCUT2D eigenvalue weighted by molar-refractivity contribution is 7.99. The van der Waals surface area contributed by atoms with Crippen LogP contribution in [0.3, 0.4) is 0 Å². The van der Waals surface area contributed by atoms with E-state index in [2.05, 4.69) is 16.3 Å². The topological polar surface area (TPSA) is 100 Å². The monoisotopic (exact) mass is 392 g/mol. The van der Waals surface area contributed by atoms with Crippen LogP contribution in [-0.2, 0) is 10.0 Å². The van der Waals surface area contributed by atoms with E-state index in [0.29, 0.717) is 29.6 Å². The van der Waals surface area contributed by atoms with Gasteiger partial charge in [-0.2, -0.15) is 9.57 Å². The standard InChI is InChI=1S/C17H20N4O3S2/c1-13(11-18)12-25-17-20-19-16(24-17)14-6-5-7-15(10-14)26(22,23)21-8-3-2-4-9-21/h5-7,10,13H,2-4,8-9,12H2,1H3/t13-/m1/s1. The Morgan fingerprint density at radius 3 is 2.81 bits per heavy atom. The molecule has 0 saturated carbocycles. The minimum absolute atomic E-state index is 0.117. The summed E-state index contributed by atoms with van der Waals surface area (Å²) in [6.45, 7) is 2.94. The molecule has 1 fully saturated rings. The second-order valence-electron chi connectivity index (χ2n) is 6.21. The SMILES string of the molecule is C[C@H](C#N)CSc1nnc(-c2cccc(S(=O)(=O)N3CCCCC3)c2)o1. The highest BCUT2D eigenvalue weighted by Gasteiger charge is 2.26. The molecule has 1 saturated heterocycles. The van der Waals surface area contributed by atoms with Gasteiger partial charge in [-0.05, 0) is 38.0 Å². The van der Waals surface area contributed by atoms with Crippen molar-refractivity contribution in [3.8, 4) is 17.5 Å². The van der Waals surface area contributed by atoms with Crippen molar-refractivity contribution in [2.24, 2.45) is 5.92 Å². The molecular weight excluding hydrogens is 372 g/mol. The Bertz CT molecular complexity index is 899. The fourth-order valence-corrected chi connectivity index (χ4v) is 4.93. The highest BCUT2D eigenvalue weighted by Crippen LogP contribution is 2.27. The number of piperidine rings is 1. The molecular formula is C17H20N4O3S2. The van der Waals surface area contributed by atoms with E-state index >= 15 is 0 Å². The Morgan fingerprint density at radius 1 is 1.31 bits per heavy atom. The van der Waals surface area contributed by atoms with E-state index in [-0.39, 0.29) is 16.7 Å². The summed E-state index contributed by atoms with van der Waals surface area (Å²) in [7, 11) is -3.51. The van der Waals surface area contributed by atoms with Gasteiger partial charge in [-0.15, -0.1) is 10.2 Å². The predicted molar refractivity (Wildman–Crippen MR) is 97.8 cm³/mol. The summed E-state index contributed by atoms with van der Waals surface area (Å²) < 4.78 is 32.8. The first kappa shape index (κ1) is 18.9. The molecule has 0 radical (unpaired) electrons. The zero-order valence-electron chi connectivity index (χ0n) is 14.5. The van der Waals surface area contributed by atoms with Gasteiger partial charge in [-0.1, -0.05) is 24.2 Å². The van der Waals surface area contributed by atoms with Crippen molar-refractivity contribution < 1.29 is 12.8 Å². The fraction of sp³-hybridized carbons (Fsp3) is 0.471. The van der Waals surface area contributed by atoms with Gasteiger partial charge in [0.2, 0.25) is 15.9 Å². The van der Waals surface area contributed by atoms with Crippen LogP contribution < -0.4 is 0 Å². The number of hydrogen-bond acceptors (Lipinski definition) is 7. The van der Waals surface area contributed by atoms with Gasteiger partial charge in [-0.3, -0.25) is 0 Å². The summed E-state index contributed by atoms with van der Waals surface area (Å²) in [6.07, 6.45) is 2.85. The van der Waals surface area contributed by atoms with Crippen molar-refractivity contribution in [1.29, 1.82) is 5.26 Å². The molecule has 1 aliphatic rings. The van der Waals surface area contributed by atoms with Gasteiger partial charge in [0.1, 0.15) is 0 Å². The number of nitriles is 1. The zero-order chi connectivity index (χ0) is 18.6. The number of rotatable bonds is 6. The van der Waals surface area contributed by atoms with E-state index in [1.54, 1.807) is 24.3 Å². The van der Waals surface area contributed by atoms with Gasteiger partial charge in [-0.25, -0.2) is 8.42 Å². The number of sulfonamides is 1. The molecule has 0 amide bonds. The van der Waals surface area contributed by atoms with Crippen LogP contribution in [0.1, 0.15) is 26.2 Å². The first-order chi connectivity index (χ1) is 12.5. The molecule has 138 valence electrons. The van der Waals surface area contributed by atoms with Crippen molar-refractivity contribution in [2.75, 3.05) is 18.8 Å². The molecule has 1 aromatic heterocycles. The molecule has 2 heterocycles. The summed E-state index contributed by atoms with van der Waals surface area (Å²) in [4.78, 5) is 0.238. The van der Waals surface area contributed by atoms with Crippen molar-refractivity contribution in [3.05, 3.63) is 24.3 Å². The maximum atomic E-state index is 12.8. The Balaban J connectivity index is 1.79. The smallest absolute Gasteiger partial charge is 0.276 e. The van der Waals surface area contributed by atoms with E-state index in [4.69, 9.17) is 9.68 Å². The predicted octanol–water partition coefficient (Wildman–Crippen LogP) is 3.16. The zero-order valence-corrected chi connectivity index (χ0v) is 16.1. The van der Waals surface area contributed by atoms with Gasteiger partial charge in [0.25, 0.3) is 5.22 Å². The summed E-state index contributed by atoms with van der Waals surface area (Å²) in [5, 5.41) is 17.1. The molecule has 9 heteroatoms. The van der Waals surface area contributed by atoms with Crippen molar-refractivity contribution in [2.45, 2.75) is 36.3 Å². The first-order valence-electron chi connectivity index (χ1n) is 8.47. The lowest BCUT2D eigenvalue weighted by atomic mass is 10.2. The number of thioether (sulfide) groups is 1. The van der Waals surface area contributed by atoms with Crippen molar-refractivity contribution >= 4 is 21.8 Å². The average molecular weight is 393 g/mol. The van der Waals surface area contributed by atoms with Crippen LogP contribution in [0.15, 0.2) is 38.8 Å². The average Bonchev–Trinajstić information content (AvgIpc) is 3.16. The maximum Gasteiger partial charge on any atom is 0.276 e. The largest absolute Gasteiger partial charge is 0.411 e. The van der Waals surface area contributed by atoms with E-state index in [1.165, 1.54) is 16.1 Å². The molecule has 1 aliphatic heterocycles. The minimum Gasteiger partial charge on any atom is -0.411 e. The van der Waals surface area contributed by atoms with Crippen LogP contribution in [0.5, 0.6) is 0 Å². The maximum absolute atomic E-state index is 12.8. The molecule has 7 nitrogen and oxygen atoms in total. The molecule has 1 aromatic carbocycles. The lowest BCUT2D eigenvalue weighted by molar-refractivity contribution is 0.346. The molecule has 0 bridgehead atoms. The van der Waals surface area contributed by atoms with Crippen LogP contribution in [-0.4, -0.2) is 41.8 Å². The molecule has 3 rings (SSSR count). The van der Waals surface area contributed by atoms with Gasteiger partial charge >= 0.3 is 0 Å². The summed E-state index contributed by atoms with van der Waals surface area (Å²) >= 11 is 1.31. The van der Waals surface area contributed by atoms with Gasteiger partial charge in [0.05, 0.1) is 16.9 Å². The lowest BCUT2D eigenvalue weighted by Gasteiger charge is -2.25. The molecule has 1 atom stereocenters. The van der Waals surface area contributed by atoms with Gasteiger partial charge in [0.15, 0.2) is 0 Å². The van der Waals surface area contributed by atoms with Crippen molar-refractivity contribution in [3.63, 3.8) is 0 Å². The van der Waals surface area contributed by atoms with Crippen LogP contribution in [0.25, 0.3) is 11.5 Å². The fourth-order valence-electron chi connectivity index (χ4n) is 2.66. The third-order valence-corrected chi connectivity index (χ3v) is 7.09. The highest BCUT2D eigenvalue weighted by atomic mass is 32.2. The molecule has 0 N–H and O–H groups in total. The lowest BCUT2D eigenvalue weighted by Crippen LogP contribution is -2.35. The van der Waals surface area contributed by atoms with Gasteiger partial charge in [0, 0.05) is 24.4 Å². The normalized spacial score (nSPS) is 16.9. The second-order valence-corrected chi connectivity index (χ2v) is 9.12. The quantitative estimate of drug-likeness (QED) is 0.696. The number of nitrogens with zero attached hydrogens (tertiary/aromatic N) is 4. The Labute approximate surface area is 157 Å². The summed E-state index contributed by atoms with van der Waals surface area (Å²) in [5.41, 5.74) is 0.566. The minimum atomic E-state index is -3.51. The third kappa shape index (κ3) is 4.26. The molecule has 0 unspecified atom stereocenters. The van der Waals surface area contributed by atoms with E-state index < -0.39 is 10.0 Å². The van der Waals surface area contributed by atoms with E-state index in [1.807, 2.05) is 6.92 Å². The van der Waals surface area contributed by atoms with Crippen LogP contribution in [0.4, 0.5) is 0 Å².